The predicted octanol–water partition coefficient (Wildman–Crippen LogP) is 4.44. The number of nitrogens with zero attached hydrogens (tertiary/aromatic N) is 1. The smallest absolute Gasteiger partial charge is 0.255 e. The molecule has 0 spiro atoms. The second-order valence-electron chi connectivity index (χ2n) is 4.34. The largest absolute Gasteiger partial charge is 0.396 e. The maximum absolute atomic E-state index is 12.2. The topological polar surface area (TPSA) is 68.0 Å². The van der Waals surface area contributed by atoms with Crippen LogP contribution in [0.25, 0.3) is 10.2 Å². The van der Waals surface area contributed by atoms with Gasteiger partial charge in [0.05, 0.1) is 31.5 Å². The first-order valence-electron chi connectivity index (χ1n) is 5.94. The monoisotopic (exact) mass is 337 g/mol. The van der Waals surface area contributed by atoms with Gasteiger partial charge in [0.2, 0.25) is 0 Å². The van der Waals surface area contributed by atoms with Crippen LogP contribution in [0.3, 0.4) is 0 Å². The van der Waals surface area contributed by atoms with Crippen molar-refractivity contribution in [2.75, 3.05) is 11.1 Å². The highest BCUT2D eigenvalue weighted by molar-refractivity contribution is 7.16. The standard InChI is InChI=1S/C14H9Cl2N3OS/c15-9-3-7(4-10(16)13(9)17)14(20)19-8-1-2-11-12(5-8)21-6-18-11/h1-6H,17H2,(H,19,20). The summed E-state index contributed by atoms with van der Waals surface area (Å²) in [5.41, 5.74) is 9.61. The Morgan fingerprint density at radius 3 is 2.62 bits per heavy atom. The number of hydrogen-bond donors (Lipinski definition) is 2. The Bertz CT molecular complexity index is 824. The lowest BCUT2D eigenvalue weighted by molar-refractivity contribution is 0.102. The van der Waals surface area contributed by atoms with Crippen LogP contribution in [0.5, 0.6) is 0 Å². The van der Waals surface area contributed by atoms with Gasteiger partial charge in [0.15, 0.2) is 0 Å². The van der Waals surface area contributed by atoms with Gasteiger partial charge in [0, 0.05) is 11.3 Å². The molecule has 4 nitrogen and oxygen atoms in total. The molecule has 0 unspecified atom stereocenters. The number of nitrogen functional groups attached to an aromatic ring is 1. The van der Waals surface area contributed by atoms with E-state index < -0.39 is 0 Å². The number of benzene rings is 2. The molecule has 1 aromatic heterocycles. The molecule has 3 N–H and O–H groups in total. The van der Waals surface area contributed by atoms with E-state index in [9.17, 15) is 4.79 Å². The number of hydrogen-bond acceptors (Lipinski definition) is 4. The molecule has 0 radical (unpaired) electrons. The Balaban J connectivity index is 1.88. The second kappa shape index (κ2) is 5.52. The van der Waals surface area contributed by atoms with Crippen molar-refractivity contribution in [2.45, 2.75) is 0 Å². The van der Waals surface area contributed by atoms with Gasteiger partial charge in [0.25, 0.3) is 5.91 Å². The first kappa shape index (κ1) is 14.1. The molecule has 0 aliphatic carbocycles. The van der Waals surface area contributed by atoms with E-state index in [1.54, 1.807) is 11.6 Å². The van der Waals surface area contributed by atoms with Gasteiger partial charge in [-0.1, -0.05) is 23.2 Å². The number of anilines is 2. The Kier molecular flexibility index (Phi) is 3.71. The molecule has 0 fully saturated rings. The third-order valence-corrected chi connectivity index (χ3v) is 4.35. The molecule has 106 valence electrons. The Labute approximate surface area is 134 Å². The summed E-state index contributed by atoms with van der Waals surface area (Å²) in [4.78, 5) is 16.4. The van der Waals surface area contributed by atoms with Gasteiger partial charge in [-0.3, -0.25) is 4.79 Å². The normalized spacial score (nSPS) is 10.8. The van der Waals surface area contributed by atoms with Crippen LogP contribution in [0.4, 0.5) is 11.4 Å². The van der Waals surface area contributed by atoms with Gasteiger partial charge in [0.1, 0.15) is 0 Å². The van der Waals surface area contributed by atoms with Crippen LogP contribution in [0, 0.1) is 0 Å². The van der Waals surface area contributed by atoms with Crippen LogP contribution in [-0.2, 0) is 0 Å². The van der Waals surface area contributed by atoms with E-state index in [2.05, 4.69) is 10.3 Å². The third kappa shape index (κ3) is 2.81. The summed E-state index contributed by atoms with van der Waals surface area (Å²) in [6, 6.07) is 8.49. The first-order chi connectivity index (χ1) is 10.0. The van der Waals surface area contributed by atoms with Crippen molar-refractivity contribution in [3.63, 3.8) is 0 Å². The fourth-order valence-electron chi connectivity index (χ4n) is 1.85. The lowest BCUT2D eigenvalue weighted by Gasteiger charge is -2.08. The molecule has 3 aromatic rings. The van der Waals surface area contributed by atoms with Crippen LogP contribution in [-0.4, -0.2) is 10.9 Å². The van der Waals surface area contributed by atoms with Gasteiger partial charge in [-0.25, -0.2) is 4.98 Å². The van der Waals surface area contributed by atoms with E-state index in [0.717, 1.165) is 10.2 Å². The fraction of sp³-hybridized carbons (Fsp3) is 0. The number of aromatic nitrogens is 1. The zero-order valence-electron chi connectivity index (χ0n) is 10.6. The maximum Gasteiger partial charge on any atom is 0.255 e. The van der Waals surface area contributed by atoms with Crippen molar-refractivity contribution >= 4 is 62.0 Å². The molecule has 0 aliphatic heterocycles. The molecular formula is C14H9Cl2N3OS. The van der Waals surface area contributed by atoms with E-state index in [4.69, 9.17) is 28.9 Å². The number of nitrogens with one attached hydrogen (secondary N) is 1. The van der Waals surface area contributed by atoms with Gasteiger partial charge in [-0.05, 0) is 30.3 Å². The highest BCUT2D eigenvalue weighted by Gasteiger charge is 2.12. The van der Waals surface area contributed by atoms with Crippen molar-refractivity contribution in [3.8, 4) is 0 Å². The molecule has 21 heavy (non-hydrogen) atoms. The van der Waals surface area contributed by atoms with Gasteiger partial charge in [-0.2, -0.15) is 0 Å². The highest BCUT2D eigenvalue weighted by Crippen LogP contribution is 2.29. The van der Waals surface area contributed by atoms with Gasteiger partial charge < -0.3 is 11.1 Å². The number of carbonyl (C=O) groups excluding carboxylic acids is 1. The average Bonchev–Trinajstić information content (AvgIpc) is 2.91. The number of thiazole rings is 1. The molecular weight excluding hydrogens is 329 g/mol. The van der Waals surface area contributed by atoms with E-state index in [1.807, 2.05) is 12.1 Å². The zero-order valence-corrected chi connectivity index (χ0v) is 12.9. The van der Waals surface area contributed by atoms with Crippen LogP contribution in [0.2, 0.25) is 10.0 Å². The van der Waals surface area contributed by atoms with E-state index in [-0.39, 0.29) is 21.6 Å². The zero-order chi connectivity index (χ0) is 15.0. The summed E-state index contributed by atoms with van der Waals surface area (Å²) in [5, 5.41) is 3.31. The van der Waals surface area contributed by atoms with Gasteiger partial charge in [-0.15, -0.1) is 11.3 Å². The molecule has 2 aromatic carbocycles. The molecule has 0 atom stereocenters. The van der Waals surface area contributed by atoms with Crippen LogP contribution >= 0.6 is 34.5 Å². The summed E-state index contributed by atoms with van der Waals surface area (Å²) >= 11 is 13.4. The minimum absolute atomic E-state index is 0.255. The minimum atomic E-state index is -0.303. The fourth-order valence-corrected chi connectivity index (χ4v) is 3.05. The Hall–Kier alpha value is -1.82. The lowest BCUT2D eigenvalue weighted by atomic mass is 10.2. The number of carbonyl (C=O) groups is 1. The quantitative estimate of drug-likeness (QED) is 0.679. The third-order valence-electron chi connectivity index (χ3n) is 2.93. The van der Waals surface area contributed by atoms with Crippen molar-refractivity contribution in [2.24, 2.45) is 0 Å². The van der Waals surface area contributed by atoms with Gasteiger partial charge >= 0.3 is 0 Å². The summed E-state index contributed by atoms with van der Waals surface area (Å²) < 4.78 is 1.00. The first-order valence-corrected chi connectivity index (χ1v) is 7.57. The minimum Gasteiger partial charge on any atom is -0.396 e. The summed E-state index contributed by atoms with van der Waals surface area (Å²) in [6.45, 7) is 0. The van der Waals surface area contributed by atoms with E-state index >= 15 is 0 Å². The van der Waals surface area contributed by atoms with E-state index in [0.29, 0.717) is 11.3 Å². The SMILES string of the molecule is Nc1c(Cl)cc(C(=O)Nc2ccc3ncsc3c2)cc1Cl. The molecule has 0 bridgehead atoms. The number of rotatable bonds is 2. The van der Waals surface area contributed by atoms with Crippen molar-refractivity contribution in [3.05, 3.63) is 51.5 Å². The predicted molar refractivity (Wildman–Crippen MR) is 88.4 cm³/mol. The molecule has 0 saturated carbocycles. The summed E-state index contributed by atoms with van der Waals surface area (Å²) in [7, 11) is 0. The highest BCUT2D eigenvalue weighted by atomic mass is 35.5. The Morgan fingerprint density at radius 1 is 1.19 bits per heavy atom. The summed E-state index contributed by atoms with van der Waals surface area (Å²) in [6.07, 6.45) is 0. The van der Waals surface area contributed by atoms with Crippen molar-refractivity contribution < 1.29 is 4.79 Å². The van der Waals surface area contributed by atoms with Crippen molar-refractivity contribution in [1.29, 1.82) is 0 Å². The molecule has 7 heteroatoms. The number of halogens is 2. The molecule has 1 amide bonds. The van der Waals surface area contributed by atoms with Crippen LogP contribution in [0.15, 0.2) is 35.8 Å². The second-order valence-corrected chi connectivity index (χ2v) is 6.04. The molecule has 0 saturated heterocycles. The molecule has 1 heterocycles. The molecule has 3 rings (SSSR count). The summed E-state index contributed by atoms with van der Waals surface area (Å²) in [5.74, 6) is -0.303. The van der Waals surface area contributed by atoms with Crippen LogP contribution in [0.1, 0.15) is 10.4 Å². The van der Waals surface area contributed by atoms with Crippen LogP contribution < -0.4 is 11.1 Å². The number of nitrogens with two attached hydrogens (primary N) is 1. The Morgan fingerprint density at radius 2 is 1.90 bits per heavy atom. The maximum atomic E-state index is 12.2. The van der Waals surface area contributed by atoms with Crippen molar-refractivity contribution in [1.82, 2.24) is 4.98 Å². The number of amides is 1. The van der Waals surface area contributed by atoms with E-state index in [1.165, 1.54) is 23.5 Å². The molecule has 0 aliphatic rings. The average molecular weight is 338 g/mol. The number of fused-ring (bicyclic) bond motifs is 1. The lowest BCUT2D eigenvalue weighted by Crippen LogP contribution is -2.12.